The van der Waals surface area contributed by atoms with Gasteiger partial charge in [-0.2, -0.15) is 9.49 Å². The van der Waals surface area contributed by atoms with E-state index in [9.17, 15) is 18.0 Å². The number of carbonyl (C=O) groups excluding carboxylic acids is 1. The summed E-state index contributed by atoms with van der Waals surface area (Å²) in [7, 11) is 1.16. The van der Waals surface area contributed by atoms with Crippen molar-refractivity contribution in [2.45, 2.75) is 6.43 Å². The largest absolute Gasteiger partial charge is 0.321 e. The molecule has 25 heavy (non-hydrogen) atoms. The van der Waals surface area contributed by atoms with Gasteiger partial charge in [0.15, 0.2) is 0 Å². The van der Waals surface area contributed by atoms with Crippen molar-refractivity contribution < 1.29 is 18.0 Å². The minimum Gasteiger partial charge on any atom is -0.321 e. The molecule has 1 heterocycles. The maximum atomic E-state index is 14.1. The fraction of sp³-hybridized carbons (Fsp3) is 0.111. The molecular weight excluding hydrogens is 331 g/mol. The van der Waals surface area contributed by atoms with Gasteiger partial charge in [-0.05, 0) is 11.6 Å². The summed E-state index contributed by atoms with van der Waals surface area (Å²) >= 11 is 0. The minimum atomic E-state index is -3.05. The van der Waals surface area contributed by atoms with Crippen molar-refractivity contribution >= 4 is 11.6 Å². The number of amides is 1. The molecule has 3 rings (SSSR count). The van der Waals surface area contributed by atoms with Gasteiger partial charge in [0, 0.05) is 18.3 Å². The fourth-order valence-electron chi connectivity index (χ4n) is 2.53. The standard InChI is InChI=1S/C18H14F3N3O/c1-24-17(21)14(15(23-24)16(19)20)18(25)22-13-10-6-5-9-12(13)11-7-3-2-4-8-11/h2-10,16H,1H3,(H,22,25). The van der Waals surface area contributed by atoms with E-state index >= 15 is 0 Å². The van der Waals surface area contributed by atoms with E-state index in [2.05, 4.69) is 10.4 Å². The smallest absolute Gasteiger partial charge is 0.283 e. The van der Waals surface area contributed by atoms with E-state index in [-0.39, 0.29) is 0 Å². The van der Waals surface area contributed by atoms with Crippen LogP contribution in [0.25, 0.3) is 11.1 Å². The number of aromatic nitrogens is 2. The number of hydrogen-bond acceptors (Lipinski definition) is 2. The van der Waals surface area contributed by atoms with Crippen molar-refractivity contribution in [3.63, 3.8) is 0 Å². The van der Waals surface area contributed by atoms with E-state index in [1.54, 1.807) is 24.3 Å². The van der Waals surface area contributed by atoms with Gasteiger partial charge in [-0.25, -0.2) is 13.5 Å². The summed E-state index contributed by atoms with van der Waals surface area (Å²) in [5, 5.41) is 5.89. The SMILES string of the molecule is Cn1nc(C(F)F)c(C(=O)Nc2ccccc2-c2ccccc2)c1F. The molecule has 0 atom stereocenters. The molecule has 0 spiro atoms. The van der Waals surface area contributed by atoms with Crippen LogP contribution in [0, 0.1) is 5.95 Å². The second kappa shape index (κ2) is 6.80. The van der Waals surface area contributed by atoms with E-state index in [0.29, 0.717) is 15.9 Å². The number of anilines is 1. The normalized spacial score (nSPS) is 10.9. The number of benzene rings is 2. The topological polar surface area (TPSA) is 46.9 Å². The average Bonchev–Trinajstić information content (AvgIpc) is 2.92. The molecule has 3 aromatic rings. The van der Waals surface area contributed by atoms with Crippen molar-refractivity contribution in [3.8, 4) is 11.1 Å². The Hall–Kier alpha value is -3.09. The van der Waals surface area contributed by atoms with Crippen LogP contribution in [0.15, 0.2) is 54.6 Å². The van der Waals surface area contributed by atoms with Crippen LogP contribution < -0.4 is 5.32 Å². The van der Waals surface area contributed by atoms with Crippen LogP contribution in [0.2, 0.25) is 0 Å². The molecule has 0 saturated heterocycles. The minimum absolute atomic E-state index is 0.391. The van der Waals surface area contributed by atoms with Crippen molar-refractivity contribution in [2.75, 3.05) is 5.32 Å². The molecule has 1 N–H and O–H groups in total. The van der Waals surface area contributed by atoms with Crippen molar-refractivity contribution in [2.24, 2.45) is 7.05 Å². The maximum Gasteiger partial charge on any atom is 0.283 e. The quantitative estimate of drug-likeness (QED) is 0.761. The number of alkyl halides is 2. The van der Waals surface area contributed by atoms with Gasteiger partial charge in [0.25, 0.3) is 12.3 Å². The van der Waals surface area contributed by atoms with Crippen LogP contribution in [0.3, 0.4) is 0 Å². The van der Waals surface area contributed by atoms with Gasteiger partial charge in [0.2, 0.25) is 5.95 Å². The Morgan fingerprint density at radius 2 is 1.72 bits per heavy atom. The number of carbonyl (C=O) groups is 1. The lowest BCUT2D eigenvalue weighted by Crippen LogP contribution is -2.16. The fourth-order valence-corrected chi connectivity index (χ4v) is 2.53. The second-order valence-corrected chi connectivity index (χ2v) is 5.34. The molecule has 128 valence electrons. The molecular formula is C18H14F3N3O. The Labute approximate surface area is 141 Å². The van der Waals surface area contributed by atoms with E-state index in [1.807, 2.05) is 30.3 Å². The highest BCUT2D eigenvalue weighted by atomic mass is 19.3. The van der Waals surface area contributed by atoms with E-state index in [1.165, 1.54) is 0 Å². The average molecular weight is 345 g/mol. The van der Waals surface area contributed by atoms with Gasteiger partial charge in [-0.1, -0.05) is 48.5 Å². The highest BCUT2D eigenvalue weighted by Crippen LogP contribution is 2.29. The summed E-state index contributed by atoms with van der Waals surface area (Å²) < 4.78 is 40.8. The molecule has 1 amide bonds. The van der Waals surface area contributed by atoms with Crippen molar-refractivity contribution in [1.82, 2.24) is 9.78 Å². The summed E-state index contributed by atoms with van der Waals surface area (Å²) in [4.78, 5) is 12.4. The van der Waals surface area contributed by atoms with Crippen LogP contribution in [0.4, 0.5) is 18.9 Å². The van der Waals surface area contributed by atoms with Crippen molar-refractivity contribution in [3.05, 3.63) is 71.8 Å². The predicted octanol–water partition coefficient (Wildman–Crippen LogP) is 4.42. The lowest BCUT2D eigenvalue weighted by molar-refractivity contribution is 0.100. The number of aryl methyl sites for hydroxylation is 1. The first-order valence-electron chi connectivity index (χ1n) is 7.45. The molecule has 0 saturated carbocycles. The zero-order chi connectivity index (χ0) is 18.0. The third-order valence-electron chi connectivity index (χ3n) is 3.70. The number of nitrogens with one attached hydrogen (secondary N) is 1. The molecule has 4 nitrogen and oxygen atoms in total. The molecule has 0 radical (unpaired) electrons. The first-order chi connectivity index (χ1) is 12.0. The summed E-state index contributed by atoms with van der Waals surface area (Å²) in [6, 6.07) is 16.1. The first kappa shape index (κ1) is 16.8. The summed E-state index contributed by atoms with van der Waals surface area (Å²) in [6.07, 6.45) is -3.05. The third-order valence-corrected chi connectivity index (χ3v) is 3.70. The van der Waals surface area contributed by atoms with Crippen LogP contribution >= 0.6 is 0 Å². The molecule has 0 bridgehead atoms. The number of halogens is 3. The van der Waals surface area contributed by atoms with Crippen molar-refractivity contribution in [1.29, 1.82) is 0 Å². The van der Waals surface area contributed by atoms with Gasteiger partial charge in [-0.15, -0.1) is 0 Å². The Balaban J connectivity index is 1.99. The zero-order valence-corrected chi connectivity index (χ0v) is 13.2. The Bertz CT molecular complexity index is 907. The third kappa shape index (κ3) is 3.26. The molecule has 0 aliphatic rings. The lowest BCUT2D eigenvalue weighted by atomic mass is 10.0. The number of hydrogen-bond donors (Lipinski definition) is 1. The van der Waals surface area contributed by atoms with E-state index < -0.39 is 29.5 Å². The van der Waals surface area contributed by atoms with Crippen LogP contribution in [-0.2, 0) is 7.05 Å². The van der Waals surface area contributed by atoms with E-state index in [0.717, 1.165) is 12.6 Å². The molecule has 1 aromatic heterocycles. The lowest BCUT2D eigenvalue weighted by Gasteiger charge is -2.11. The summed E-state index contributed by atoms with van der Waals surface area (Å²) in [6.45, 7) is 0. The highest BCUT2D eigenvalue weighted by molar-refractivity contribution is 6.07. The Morgan fingerprint density at radius 3 is 2.40 bits per heavy atom. The van der Waals surface area contributed by atoms with Gasteiger partial charge in [0.05, 0.1) is 0 Å². The summed E-state index contributed by atoms with van der Waals surface area (Å²) in [5.41, 5.74) is 0.288. The molecule has 0 aliphatic carbocycles. The molecule has 0 fully saturated rings. The van der Waals surface area contributed by atoms with Gasteiger partial charge in [-0.3, -0.25) is 4.79 Å². The highest BCUT2D eigenvalue weighted by Gasteiger charge is 2.28. The first-order valence-corrected chi connectivity index (χ1v) is 7.45. The van der Waals surface area contributed by atoms with Gasteiger partial charge >= 0.3 is 0 Å². The zero-order valence-electron chi connectivity index (χ0n) is 13.2. The number of para-hydroxylation sites is 1. The second-order valence-electron chi connectivity index (χ2n) is 5.34. The molecule has 0 unspecified atom stereocenters. The molecule has 2 aromatic carbocycles. The Kier molecular flexibility index (Phi) is 4.56. The van der Waals surface area contributed by atoms with Crippen LogP contribution in [0.1, 0.15) is 22.5 Å². The van der Waals surface area contributed by atoms with Gasteiger partial charge < -0.3 is 5.32 Å². The molecule has 0 aliphatic heterocycles. The van der Waals surface area contributed by atoms with Crippen LogP contribution in [-0.4, -0.2) is 15.7 Å². The summed E-state index contributed by atoms with van der Waals surface area (Å²) in [5.74, 6) is -2.07. The number of nitrogens with zero attached hydrogens (tertiary/aromatic N) is 2. The van der Waals surface area contributed by atoms with E-state index in [4.69, 9.17) is 0 Å². The Morgan fingerprint density at radius 1 is 1.08 bits per heavy atom. The molecule has 7 heteroatoms. The monoisotopic (exact) mass is 345 g/mol. The van der Waals surface area contributed by atoms with Gasteiger partial charge in [0.1, 0.15) is 11.3 Å². The number of rotatable bonds is 4. The maximum absolute atomic E-state index is 14.1. The predicted molar refractivity (Wildman–Crippen MR) is 88.0 cm³/mol. The van der Waals surface area contributed by atoms with Crippen LogP contribution in [0.5, 0.6) is 0 Å².